The zero-order valence-corrected chi connectivity index (χ0v) is 7.58. The zero-order chi connectivity index (χ0) is 7.49. The molecule has 0 amide bonds. The molecule has 0 aromatic carbocycles. The van der Waals surface area contributed by atoms with Gasteiger partial charge >= 0.3 is 0 Å². The Morgan fingerprint density at radius 3 is 2.22 bits per heavy atom. The van der Waals surface area contributed by atoms with Gasteiger partial charge in [0.15, 0.2) is 0 Å². The van der Waals surface area contributed by atoms with Crippen LogP contribution < -0.4 is 0 Å². The highest BCUT2D eigenvalue weighted by molar-refractivity contribution is 8.08. The Kier molecular flexibility index (Phi) is 3.85. The molecule has 0 aliphatic rings. The van der Waals surface area contributed by atoms with Gasteiger partial charge in [-0.2, -0.15) is 0 Å². The molecule has 0 fully saturated rings. The Hall–Kier alpha value is 0.530. The lowest BCUT2D eigenvalue weighted by atomic mass is 10.9. The van der Waals surface area contributed by atoms with Gasteiger partial charge in [0.05, 0.1) is 6.61 Å². The fraction of sp³-hybridized carbons (Fsp3) is 1.00. The summed E-state index contributed by atoms with van der Waals surface area (Å²) < 4.78 is 6.43. The first-order valence-corrected chi connectivity index (χ1v) is 5.28. The Labute approximate surface area is 60.9 Å². The Bertz CT molecular complexity index is 128. The maximum absolute atomic E-state index is 9.22. The van der Waals surface area contributed by atoms with Crippen LogP contribution in [0, 0.1) is 0 Å². The average molecular weight is 169 g/mol. The van der Waals surface area contributed by atoms with Crippen LogP contribution in [0.2, 0.25) is 0 Å². The Morgan fingerprint density at radius 2 is 2.11 bits per heavy atom. The molecule has 0 radical (unpaired) electrons. The normalized spacial score (nSPS) is 17.9. The van der Waals surface area contributed by atoms with E-state index in [2.05, 4.69) is 0 Å². The molecule has 0 aliphatic carbocycles. The van der Waals surface area contributed by atoms with Gasteiger partial charge in [-0.3, -0.25) is 0 Å². The van der Waals surface area contributed by atoms with E-state index in [1.54, 1.807) is 21.0 Å². The topological polar surface area (TPSA) is 32.7 Å². The molecule has 9 heavy (non-hydrogen) atoms. The van der Waals surface area contributed by atoms with Crippen molar-refractivity contribution >= 4 is 18.4 Å². The van der Waals surface area contributed by atoms with Crippen molar-refractivity contribution in [3.63, 3.8) is 0 Å². The Balaban J connectivity index is 3.87. The van der Waals surface area contributed by atoms with Gasteiger partial charge in [-0.25, -0.2) is 4.67 Å². The van der Waals surface area contributed by atoms with Crippen molar-refractivity contribution in [3.05, 3.63) is 0 Å². The standard InChI is InChI=1S/C4H12NO2PS/c1-4-7-8(6,9)5(2)3/h4H2,1-3H3,(H,6,9)/t8-/m0/s1. The van der Waals surface area contributed by atoms with Crippen LogP contribution in [0.4, 0.5) is 0 Å². The van der Waals surface area contributed by atoms with Crippen LogP contribution in [0.15, 0.2) is 0 Å². The molecular formula is C4H12NO2PS. The third-order valence-corrected chi connectivity index (χ3v) is 3.70. The maximum atomic E-state index is 9.22. The minimum absolute atomic E-state index is 0.464. The van der Waals surface area contributed by atoms with Crippen molar-refractivity contribution in [1.82, 2.24) is 4.67 Å². The molecule has 0 aliphatic heterocycles. The molecule has 56 valence electrons. The lowest BCUT2D eigenvalue weighted by Gasteiger charge is -2.20. The van der Waals surface area contributed by atoms with Gasteiger partial charge in [0.1, 0.15) is 0 Å². The van der Waals surface area contributed by atoms with E-state index in [4.69, 9.17) is 16.3 Å². The van der Waals surface area contributed by atoms with E-state index in [-0.39, 0.29) is 0 Å². The molecule has 0 unspecified atom stereocenters. The van der Waals surface area contributed by atoms with Crippen LogP contribution in [-0.4, -0.2) is 30.3 Å². The zero-order valence-electron chi connectivity index (χ0n) is 5.87. The first kappa shape index (κ1) is 9.53. The molecule has 0 saturated heterocycles. The summed E-state index contributed by atoms with van der Waals surface area (Å²) in [6.45, 7) is -0.327. The lowest BCUT2D eigenvalue weighted by molar-refractivity contribution is 0.290. The predicted molar refractivity (Wildman–Crippen MR) is 41.8 cm³/mol. The van der Waals surface area contributed by atoms with E-state index in [1.165, 1.54) is 4.67 Å². The average Bonchev–Trinajstić information content (AvgIpc) is 1.65. The van der Waals surface area contributed by atoms with E-state index in [1.807, 2.05) is 0 Å². The van der Waals surface area contributed by atoms with Gasteiger partial charge in [-0.15, -0.1) is 0 Å². The van der Waals surface area contributed by atoms with Gasteiger partial charge in [-0.05, 0) is 32.8 Å². The summed E-state index contributed by atoms with van der Waals surface area (Å²) in [7, 11) is 3.41. The van der Waals surface area contributed by atoms with E-state index >= 15 is 0 Å². The third-order valence-electron chi connectivity index (χ3n) is 0.803. The van der Waals surface area contributed by atoms with Crippen LogP contribution in [0.1, 0.15) is 6.92 Å². The van der Waals surface area contributed by atoms with Crippen LogP contribution >= 0.6 is 6.64 Å². The molecule has 0 aromatic heterocycles. The number of rotatable bonds is 3. The highest BCUT2D eigenvalue weighted by atomic mass is 32.5. The summed E-state index contributed by atoms with van der Waals surface area (Å²) in [5.74, 6) is 0. The monoisotopic (exact) mass is 169 g/mol. The fourth-order valence-corrected chi connectivity index (χ4v) is 1.17. The quantitative estimate of drug-likeness (QED) is 0.633. The van der Waals surface area contributed by atoms with E-state index in [0.717, 1.165) is 0 Å². The Morgan fingerprint density at radius 1 is 1.67 bits per heavy atom. The molecule has 1 N–H and O–H groups in total. The summed E-state index contributed by atoms with van der Waals surface area (Å²) >= 11 is 4.74. The van der Waals surface area contributed by atoms with E-state index in [9.17, 15) is 4.89 Å². The van der Waals surface area contributed by atoms with Gasteiger partial charge in [-0.1, -0.05) is 0 Å². The van der Waals surface area contributed by atoms with Crippen LogP contribution in [0.3, 0.4) is 0 Å². The first-order chi connectivity index (χ1) is 4.00. The van der Waals surface area contributed by atoms with Crippen LogP contribution in [-0.2, 0) is 16.3 Å². The summed E-state index contributed by atoms with van der Waals surface area (Å²) in [6, 6.07) is 0. The molecule has 0 rings (SSSR count). The van der Waals surface area contributed by atoms with Gasteiger partial charge in [0, 0.05) is 0 Å². The van der Waals surface area contributed by atoms with Crippen molar-refractivity contribution in [2.24, 2.45) is 0 Å². The largest absolute Gasteiger partial charge is 0.334 e. The van der Waals surface area contributed by atoms with Crippen molar-refractivity contribution in [2.75, 3.05) is 20.7 Å². The predicted octanol–water partition coefficient (Wildman–Crippen LogP) is 0.801. The molecule has 3 nitrogen and oxygen atoms in total. The highest BCUT2D eigenvalue weighted by Crippen LogP contribution is 2.43. The van der Waals surface area contributed by atoms with Gasteiger partial charge in [0.25, 0.3) is 6.64 Å². The maximum Gasteiger partial charge on any atom is 0.260 e. The summed E-state index contributed by atoms with van der Waals surface area (Å²) in [4.78, 5) is 9.22. The van der Waals surface area contributed by atoms with Crippen LogP contribution in [0.5, 0.6) is 0 Å². The molecular weight excluding hydrogens is 157 g/mol. The molecule has 0 saturated carbocycles. The van der Waals surface area contributed by atoms with Crippen molar-refractivity contribution < 1.29 is 9.42 Å². The fourth-order valence-electron chi connectivity index (χ4n) is 0.284. The second-order valence-electron chi connectivity index (χ2n) is 1.76. The third kappa shape index (κ3) is 3.28. The summed E-state index contributed by atoms with van der Waals surface area (Å²) in [5.41, 5.74) is 0. The summed E-state index contributed by atoms with van der Waals surface area (Å²) in [6.07, 6.45) is 0. The summed E-state index contributed by atoms with van der Waals surface area (Å²) in [5, 5.41) is 0. The van der Waals surface area contributed by atoms with Gasteiger partial charge in [0.2, 0.25) is 0 Å². The van der Waals surface area contributed by atoms with E-state index in [0.29, 0.717) is 6.61 Å². The molecule has 0 heterocycles. The smallest absolute Gasteiger partial charge is 0.260 e. The van der Waals surface area contributed by atoms with Crippen LogP contribution in [0.25, 0.3) is 0 Å². The van der Waals surface area contributed by atoms with Crippen molar-refractivity contribution in [1.29, 1.82) is 0 Å². The SMILES string of the molecule is CCO[P@](O)(=S)N(C)C. The van der Waals surface area contributed by atoms with Gasteiger partial charge < -0.3 is 9.42 Å². The molecule has 1 atom stereocenters. The molecule has 0 bridgehead atoms. The highest BCUT2D eigenvalue weighted by Gasteiger charge is 2.14. The minimum Gasteiger partial charge on any atom is -0.334 e. The first-order valence-electron chi connectivity index (χ1n) is 2.66. The molecule has 0 aromatic rings. The van der Waals surface area contributed by atoms with Crippen molar-refractivity contribution in [3.8, 4) is 0 Å². The lowest BCUT2D eigenvalue weighted by Crippen LogP contribution is -2.09. The molecule has 5 heteroatoms. The van der Waals surface area contributed by atoms with E-state index < -0.39 is 6.64 Å². The number of nitrogens with zero attached hydrogens (tertiary/aromatic N) is 1. The van der Waals surface area contributed by atoms with Crippen molar-refractivity contribution in [2.45, 2.75) is 6.92 Å². The number of hydrogen-bond acceptors (Lipinski definition) is 2. The second kappa shape index (κ2) is 3.64. The number of hydrogen-bond donors (Lipinski definition) is 1. The minimum atomic E-state index is -2.60. The second-order valence-corrected chi connectivity index (χ2v) is 5.22. The molecule has 0 spiro atoms.